The van der Waals surface area contributed by atoms with E-state index in [4.69, 9.17) is 15.0 Å². The zero-order valence-corrected chi connectivity index (χ0v) is 17.5. The number of imidazole rings is 1. The average Bonchev–Trinajstić information content (AvgIpc) is 3.17. The molecular formula is C24H21N5O2. The minimum Gasteiger partial charge on any atom is -0.491 e. The van der Waals surface area contributed by atoms with Crippen LogP contribution in [0.1, 0.15) is 29.9 Å². The molecule has 0 bridgehead atoms. The fourth-order valence-electron chi connectivity index (χ4n) is 3.34. The molecule has 0 fully saturated rings. The third kappa shape index (κ3) is 3.96. The molecule has 7 heteroatoms. The van der Waals surface area contributed by atoms with E-state index in [0.29, 0.717) is 16.9 Å². The molecule has 0 radical (unpaired) electrons. The number of hydrogen-bond acceptors (Lipinski definition) is 5. The topological polar surface area (TPSA) is 92.3 Å². The molecule has 154 valence electrons. The molecule has 0 unspecified atom stereocenters. The van der Waals surface area contributed by atoms with Crippen molar-refractivity contribution < 1.29 is 9.53 Å². The van der Waals surface area contributed by atoms with E-state index in [2.05, 4.69) is 16.4 Å². The quantitative estimate of drug-likeness (QED) is 0.534. The van der Waals surface area contributed by atoms with Crippen LogP contribution in [0, 0.1) is 11.3 Å². The van der Waals surface area contributed by atoms with Gasteiger partial charge >= 0.3 is 0 Å². The lowest BCUT2D eigenvalue weighted by molar-refractivity contribution is 0.0957. The maximum atomic E-state index is 12.1. The number of fused-ring (bicyclic) bond motifs is 1. The second kappa shape index (κ2) is 8.28. The third-order valence-electron chi connectivity index (χ3n) is 4.76. The number of rotatable bonds is 5. The highest BCUT2D eigenvalue weighted by Crippen LogP contribution is 2.34. The van der Waals surface area contributed by atoms with Crippen LogP contribution in [-0.2, 0) is 0 Å². The zero-order chi connectivity index (χ0) is 22.0. The van der Waals surface area contributed by atoms with Crippen molar-refractivity contribution in [1.29, 1.82) is 5.26 Å². The molecule has 0 spiro atoms. The molecule has 0 saturated heterocycles. The van der Waals surface area contributed by atoms with Crippen LogP contribution in [0.2, 0.25) is 0 Å². The maximum Gasteiger partial charge on any atom is 0.271 e. The molecule has 0 saturated carbocycles. The molecular weight excluding hydrogens is 390 g/mol. The van der Waals surface area contributed by atoms with Crippen molar-refractivity contribution in [2.75, 3.05) is 7.05 Å². The lowest BCUT2D eigenvalue weighted by Gasteiger charge is -2.11. The van der Waals surface area contributed by atoms with Gasteiger partial charge in [0.2, 0.25) is 0 Å². The highest BCUT2D eigenvalue weighted by Gasteiger charge is 2.18. The highest BCUT2D eigenvalue weighted by molar-refractivity contribution is 5.92. The predicted octanol–water partition coefficient (Wildman–Crippen LogP) is 4.08. The highest BCUT2D eigenvalue weighted by atomic mass is 16.5. The molecule has 0 aliphatic heterocycles. The molecule has 2 aromatic heterocycles. The van der Waals surface area contributed by atoms with Gasteiger partial charge in [-0.05, 0) is 50.2 Å². The first-order valence-corrected chi connectivity index (χ1v) is 9.88. The van der Waals surface area contributed by atoms with Crippen LogP contribution in [0.15, 0.2) is 60.9 Å². The Morgan fingerprint density at radius 3 is 2.39 bits per heavy atom. The standard InChI is InChI=1S/C24H21N5O2/c1-15(2)31-19-10-8-18(9-11-19)23-22(17-6-4-16(12-25)5-7-17)28-21-13-27-20(14-29(21)23)24(30)26-3/h4-11,13-15H,1-3H3,(H,26,30). The maximum absolute atomic E-state index is 12.1. The van der Waals surface area contributed by atoms with E-state index < -0.39 is 0 Å². The van der Waals surface area contributed by atoms with Crippen molar-refractivity contribution in [3.63, 3.8) is 0 Å². The largest absolute Gasteiger partial charge is 0.491 e. The van der Waals surface area contributed by atoms with Crippen molar-refractivity contribution >= 4 is 11.6 Å². The molecule has 2 heterocycles. The fourth-order valence-corrected chi connectivity index (χ4v) is 3.34. The molecule has 1 N–H and O–H groups in total. The number of carbonyl (C=O) groups excluding carboxylic acids is 1. The van der Waals surface area contributed by atoms with Crippen LogP contribution in [0.25, 0.3) is 28.2 Å². The smallest absolute Gasteiger partial charge is 0.271 e. The van der Waals surface area contributed by atoms with Crippen molar-refractivity contribution in [1.82, 2.24) is 19.7 Å². The van der Waals surface area contributed by atoms with Crippen molar-refractivity contribution in [2.45, 2.75) is 20.0 Å². The summed E-state index contributed by atoms with van der Waals surface area (Å²) in [4.78, 5) is 21.1. The number of amides is 1. The average molecular weight is 411 g/mol. The van der Waals surface area contributed by atoms with Gasteiger partial charge in [0.25, 0.3) is 5.91 Å². The monoisotopic (exact) mass is 411 g/mol. The Balaban J connectivity index is 1.92. The Bertz CT molecular complexity index is 1280. The van der Waals surface area contributed by atoms with Gasteiger partial charge in [0, 0.05) is 24.4 Å². The Hall–Kier alpha value is -4.18. The van der Waals surface area contributed by atoms with Gasteiger partial charge in [0.15, 0.2) is 5.65 Å². The number of carbonyl (C=O) groups is 1. The minimum absolute atomic E-state index is 0.0806. The summed E-state index contributed by atoms with van der Waals surface area (Å²) in [6, 6.07) is 17.2. The van der Waals surface area contributed by atoms with Gasteiger partial charge < -0.3 is 10.1 Å². The molecule has 1 amide bonds. The molecule has 2 aromatic carbocycles. The summed E-state index contributed by atoms with van der Waals surface area (Å²) in [5.41, 5.74) is 4.82. The second-order valence-corrected chi connectivity index (χ2v) is 7.27. The number of benzene rings is 2. The van der Waals surface area contributed by atoms with Gasteiger partial charge in [-0.2, -0.15) is 5.26 Å². The van der Waals surface area contributed by atoms with Gasteiger partial charge in [-0.1, -0.05) is 12.1 Å². The Morgan fingerprint density at radius 2 is 1.77 bits per heavy atom. The summed E-state index contributed by atoms with van der Waals surface area (Å²) in [5, 5.41) is 11.7. The van der Waals surface area contributed by atoms with Gasteiger partial charge in [-0.3, -0.25) is 9.20 Å². The number of hydrogen-bond donors (Lipinski definition) is 1. The predicted molar refractivity (Wildman–Crippen MR) is 118 cm³/mol. The summed E-state index contributed by atoms with van der Waals surface area (Å²) in [5.74, 6) is 0.502. The first-order valence-electron chi connectivity index (χ1n) is 9.88. The van der Waals surface area contributed by atoms with Crippen molar-refractivity contribution in [2.24, 2.45) is 0 Å². The Labute approximate surface area is 180 Å². The number of aromatic nitrogens is 3. The lowest BCUT2D eigenvalue weighted by Crippen LogP contribution is -2.19. The fraction of sp³-hybridized carbons (Fsp3) is 0.167. The van der Waals surface area contributed by atoms with E-state index in [1.165, 1.54) is 0 Å². The lowest BCUT2D eigenvalue weighted by atomic mass is 10.0. The second-order valence-electron chi connectivity index (χ2n) is 7.27. The summed E-state index contributed by atoms with van der Waals surface area (Å²) in [7, 11) is 1.57. The van der Waals surface area contributed by atoms with Crippen LogP contribution in [0.5, 0.6) is 5.75 Å². The van der Waals surface area contributed by atoms with Crippen LogP contribution in [-0.4, -0.2) is 33.4 Å². The first-order chi connectivity index (χ1) is 15.0. The van der Waals surface area contributed by atoms with Gasteiger partial charge in [-0.25, -0.2) is 9.97 Å². The minimum atomic E-state index is -0.276. The SMILES string of the molecule is CNC(=O)c1cn2c(-c3ccc(OC(C)C)cc3)c(-c3ccc(C#N)cc3)nc2cn1. The number of nitrogens with one attached hydrogen (secondary N) is 1. The van der Waals surface area contributed by atoms with E-state index >= 15 is 0 Å². The number of nitrogens with zero attached hydrogens (tertiary/aromatic N) is 4. The van der Waals surface area contributed by atoms with Crippen LogP contribution in [0.3, 0.4) is 0 Å². The van der Waals surface area contributed by atoms with E-state index in [1.54, 1.807) is 31.6 Å². The normalized spacial score (nSPS) is 10.8. The van der Waals surface area contributed by atoms with Crippen molar-refractivity contribution in [3.05, 3.63) is 72.2 Å². The number of ether oxygens (including phenoxy) is 1. The van der Waals surface area contributed by atoms with Gasteiger partial charge in [0.1, 0.15) is 11.4 Å². The molecule has 7 nitrogen and oxygen atoms in total. The van der Waals surface area contributed by atoms with Crippen LogP contribution in [0.4, 0.5) is 0 Å². The summed E-state index contributed by atoms with van der Waals surface area (Å²) in [6.07, 6.45) is 3.34. The van der Waals surface area contributed by atoms with Crippen LogP contribution < -0.4 is 10.1 Å². The van der Waals surface area contributed by atoms with Crippen LogP contribution >= 0.6 is 0 Å². The molecule has 4 rings (SSSR count). The van der Waals surface area contributed by atoms with E-state index in [-0.39, 0.29) is 12.0 Å². The molecule has 31 heavy (non-hydrogen) atoms. The van der Waals surface area contributed by atoms with Gasteiger partial charge in [-0.15, -0.1) is 0 Å². The summed E-state index contributed by atoms with van der Waals surface area (Å²) >= 11 is 0. The van der Waals surface area contributed by atoms with Crippen molar-refractivity contribution in [3.8, 4) is 34.3 Å². The third-order valence-corrected chi connectivity index (χ3v) is 4.76. The molecule has 0 aliphatic carbocycles. The zero-order valence-electron chi connectivity index (χ0n) is 17.5. The number of nitriles is 1. The summed E-state index contributed by atoms with van der Waals surface area (Å²) in [6.45, 7) is 3.96. The molecule has 4 aromatic rings. The van der Waals surface area contributed by atoms with E-state index in [0.717, 1.165) is 28.3 Å². The molecule has 0 atom stereocenters. The first kappa shape index (κ1) is 20.1. The molecule has 0 aliphatic rings. The Kier molecular flexibility index (Phi) is 5.37. The Morgan fingerprint density at radius 1 is 1.10 bits per heavy atom. The summed E-state index contributed by atoms with van der Waals surface area (Å²) < 4.78 is 7.63. The van der Waals surface area contributed by atoms with E-state index in [9.17, 15) is 4.79 Å². The van der Waals surface area contributed by atoms with E-state index in [1.807, 2.05) is 54.6 Å². The van der Waals surface area contributed by atoms with Gasteiger partial charge in [0.05, 0.1) is 35.3 Å².